The van der Waals surface area contributed by atoms with Crippen molar-refractivity contribution in [3.63, 3.8) is 0 Å². The molecule has 29 heavy (non-hydrogen) atoms. The molecule has 3 aromatic rings. The Morgan fingerprint density at radius 2 is 1.93 bits per heavy atom. The van der Waals surface area contributed by atoms with E-state index in [1.165, 1.54) is 18.4 Å². The van der Waals surface area contributed by atoms with E-state index in [0.717, 1.165) is 18.5 Å². The van der Waals surface area contributed by atoms with Gasteiger partial charge < -0.3 is 15.0 Å². The van der Waals surface area contributed by atoms with Crippen LogP contribution in [0, 0.1) is 0 Å². The minimum atomic E-state index is 0.134. The molecule has 5 rings (SSSR count). The van der Waals surface area contributed by atoms with Gasteiger partial charge in [0.1, 0.15) is 11.4 Å². The summed E-state index contributed by atoms with van der Waals surface area (Å²) in [5.74, 6) is 0.751. The Balaban J connectivity index is 1.38. The smallest absolute Gasteiger partial charge is 0.174 e. The van der Waals surface area contributed by atoms with Crippen molar-refractivity contribution in [1.82, 2.24) is 30.0 Å². The van der Waals surface area contributed by atoms with Gasteiger partial charge in [0.05, 0.1) is 18.2 Å². The van der Waals surface area contributed by atoms with Gasteiger partial charge in [0.2, 0.25) is 0 Å². The van der Waals surface area contributed by atoms with Crippen LogP contribution in [0.3, 0.4) is 0 Å². The highest BCUT2D eigenvalue weighted by atomic mass is 16.3. The molecule has 2 aliphatic rings. The van der Waals surface area contributed by atoms with Crippen LogP contribution in [0.15, 0.2) is 48.7 Å². The number of benzene rings is 1. The lowest BCUT2D eigenvalue weighted by molar-refractivity contribution is 0.282. The van der Waals surface area contributed by atoms with Crippen molar-refractivity contribution in [3.05, 3.63) is 54.5 Å². The van der Waals surface area contributed by atoms with E-state index in [0.29, 0.717) is 17.1 Å². The van der Waals surface area contributed by atoms with Crippen molar-refractivity contribution in [3.8, 4) is 22.7 Å². The van der Waals surface area contributed by atoms with E-state index in [-0.39, 0.29) is 16.8 Å². The molecule has 148 valence electrons. The van der Waals surface area contributed by atoms with Gasteiger partial charge in [-0.1, -0.05) is 5.57 Å². The van der Waals surface area contributed by atoms with E-state index in [1.54, 1.807) is 24.8 Å². The third kappa shape index (κ3) is 3.42. The summed E-state index contributed by atoms with van der Waals surface area (Å²) in [5.41, 5.74) is 3.70. The fourth-order valence-corrected chi connectivity index (χ4v) is 4.80. The average Bonchev–Trinajstić information content (AvgIpc) is 3.28. The number of aromatic nitrogens is 5. The second-order valence-electron chi connectivity index (χ2n) is 8.78. The second kappa shape index (κ2) is 6.49. The first-order valence-corrected chi connectivity index (χ1v) is 9.92. The Morgan fingerprint density at radius 3 is 2.55 bits per heavy atom. The predicted octanol–water partition coefficient (Wildman–Crippen LogP) is 3.51. The van der Waals surface area contributed by atoms with Gasteiger partial charge in [-0.3, -0.25) is 0 Å². The molecule has 7 heteroatoms. The Kier molecular flexibility index (Phi) is 4.03. The monoisotopic (exact) mass is 388 g/mol. The molecule has 2 fully saturated rings. The number of hydrogen-bond acceptors (Lipinski definition) is 6. The second-order valence-corrected chi connectivity index (χ2v) is 8.78. The maximum Gasteiger partial charge on any atom is 0.174 e. The van der Waals surface area contributed by atoms with Crippen LogP contribution in [-0.4, -0.2) is 40.9 Å². The first-order chi connectivity index (χ1) is 13.9. The maximum atomic E-state index is 10.4. The molecule has 2 bridgehead atoms. The number of nitrogens with one attached hydrogen (secondary N) is 1. The summed E-state index contributed by atoms with van der Waals surface area (Å²) in [4.78, 5) is 8.51. The summed E-state index contributed by atoms with van der Waals surface area (Å²) < 4.78 is 1.83. The summed E-state index contributed by atoms with van der Waals surface area (Å²) in [7, 11) is 0. The van der Waals surface area contributed by atoms with Gasteiger partial charge in [0, 0.05) is 35.1 Å². The van der Waals surface area contributed by atoms with E-state index in [4.69, 9.17) is 0 Å². The van der Waals surface area contributed by atoms with E-state index < -0.39 is 0 Å². The number of piperidine rings is 1. The van der Waals surface area contributed by atoms with Crippen molar-refractivity contribution >= 4 is 6.08 Å². The van der Waals surface area contributed by atoms with Crippen LogP contribution in [0.1, 0.15) is 45.4 Å². The molecule has 2 aromatic heterocycles. The molecular weight excluding hydrogens is 364 g/mol. The minimum absolute atomic E-state index is 0.134. The molecular formula is C22H24N6O. The normalized spacial score (nSPS) is 27.4. The number of nitrogens with zero attached hydrogens (tertiary/aromatic N) is 5. The fraction of sp³-hybridized carbons (Fsp3) is 0.364. The zero-order valence-electron chi connectivity index (χ0n) is 16.6. The standard InChI is InChI=1S/C22H24N6O/c1-21-5-6-22(2,27-21)12-15(11-21)9-20-24-13-18(25-26-20)17-4-3-16(10-19(17)29)28-8-7-23-14-28/h3-4,7-10,13-14,27,29H,5-6,11-12H2,1-2H3/b15-9-/t21-,22+/m1/s1. The third-order valence-corrected chi connectivity index (χ3v) is 6.04. The van der Waals surface area contributed by atoms with E-state index in [9.17, 15) is 5.11 Å². The van der Waals surface area contributed by atoms with Crippen molar-refractivity contribution in [2.45, 2.75) is 50.6 Å². The van der Waals surface area contributed by atoms with Crippen molar-refractivity contribution < 1.29 is 5.11 Å². The number of aromatic hydroxyl groups is 1. The number of phenolic OH excluding ortho intramolecular Hbond substituents is 1. The molecule has 2 saturated heterocycles. The van der Waals surface area contributed by atoms with E-state index >= 15 is 0 Å². The maximum absolute atomic E-state index is 10.4. The SMILES string of the molecule is C[C@]12CC[C@](C)(C/C(=C/c3ncc(-c4ccc(-n5ccnc5)cc4O)nn3)C1)N2. The summed E-state index contributed by atoms with van der Waals surface area (Å²) in [6.45, 7) is 4.59. The zero-order valence-corrected chi connectivity index (χ0v) is 16.6. The lowest BCUT2D eigenvalue weighted by Crippen LogP contribution is -2.51. The van der Waals surface area contributed by atoms with E-state index in [2.05, 4.69) is 45.4 Å². The number of imidazole rings is 1. The average molecular weight is 388 g/mol. The van der Waals surface area contributed by atoms with Crippen LogP contribution < -0.4 is 5.32 Å². The number of rotatable bonds is 3. The first kappa shape index (κ1) is 18.0. The summed E-state index contributed by atoms with van der Waals surface area (Å²) >= 11 is 0. The number of phenols is 1. The Hall–Kier alpha value is -3.06. The predicted molar refractivity (Wildman–Crippen MR) is 110 cm³/mol. The lowest BCUT2D eigenvalue weighted by atomic mass is 9.84. The van der Waals surface area contributed by atoms with Crippen LogP contribution in [0.5, 0.6) is 5.75 Å². The zero-order chi connectivity index (χ0) is 20.1. The highest BCUT2D eigenvalue weighted by molar-refractivity contribution is 5.68. The van der Waals surface area contributed by atoms with E-state index in [1.807, 2.05) is 22.9 Å². The molecule has 0 radical (unpaired) electrons. The topological polar surface area (TPSA) is 88.8 Å². The largest absolute Gasteiger partial charge is 0.507 e. The highest BCUT2D eigenvalue weighted by Gasteiger charge is 2.46. The van der Waals surface area contributed by atoms with Crippen LogP contribution in [0.25, 0.3) is 23.0 Å². The number of fused-ring (bicyclic) bond motifs is 2. The van der Waals surface area contributed by atoms with Crippen molar-refractivity contribution in [2.24, 2.45) is 0 Å². The number of hydrogen-bond donors (Lipinski definition) is 2. The van der Waals surface area contributed by atoms with Crippen molar-refractivity contribution in [1.29, 1.82) is 0 Å². The fourth-order valence-electron chi connectivity index (χ4n) is 4.80. The van der Waals surface area contributed by atoms with Crippen LogP contribution >= 0.6 is 0 Å². The molecule has 7 nitrogen and oxygen atoms in total. The Bertz CT molecular complexity index is 1060. The van der Waals surface area contributed by atoms with Gasteiger partial charge in [-0.15, -0.1) is 10.2 Å². The Morgan fingerprint density at radius 1 is 1.14 bits per heavy atom. The van der Waals surface area contributed by atoms with Gasteiger partial charge in [-0.05, 0) is 57.7 Å². The van der Waals surface area contributed by atoms with Crippen LogP contribution in [-0.2, 0) is 0 Å². The molecule has 2 aliphatic heterocycles. The van der Waals surface area contributed by atoms with Gasteiger partial charge >= 0.3 is 0 Å². The van der Waals surface area contributed by atoms with Crippen LogP contribution in [0.2, 0.25) is 0 Å². The molecule has 0 saturated carbocycles. The summed E-state index contributed by atoms with van der Waals surface area (Å²) in [6, 6.07) is 5.40. The molecule has 2 N–H and O–H groups in total. The molecule has 0 amide bonds. The highest BCUT2D eigenvalue weighted by Crippen LogP contribution is 2.44. The molecule has 4 heterocycles. The van der Waals surface area contributed by atoms with Crippen molar-refractivity contribution in [2.75, 3.05) is 0 Å². The van der Waals surface area contributed by atoms with Gasteiger partial charge in [-0.2, -0.15) is 0 Å². The molecule has 0 unspecified atom stereocenters. The van der Waals surface area contributed by atoms with Gasteiger partial charge in [0.25, 0.3) is 0 Å². The van der Waals surface area contributed by atoms with Gasteiger partial charge in [0.15, 0.2) is 5.82 Å². The first-order valence-electron chi connectivity index (χ1n) is 9.92. The third-order valence-electron chi connectivity index (χ3n) is 6.04. The summed E-state index contributed by atoms with van der Waals surface area (Å²) in [6.07, 6.45) is 13.4. The van der Waals surface area contributed by atoms with Gasteiger partial charge in [-0.25, -0.2) is 9.97 Å². The molecule has 0 spiro atoms. The lowest BCUT2D eigenvalue weighted by Gasteiger charge is -2.38. The molecule has 0 aliphatic carbocycles. The molecule has 1 aromatic carbocycles. The Labute approximate surface area is 169 Å². The quantitative estimate of drug-likeness (QED) is 0.714. The minimum Gasteiger partial charge on any atom is -0.507 e. The summed E-state index contributed by atoms with van der Waals surface area (Å²) in [5, 5.41) is 22.8. The molecule has 2 atom stereocenters. The van der Waals surface area contributed by atoms with Crippen LogP contribution in [0.4, 0.5) is 0 Å².